The number of benzene rings is 4. The number of pyridine rings is 1. The number of furan rings is 1. The standard InChI is InChI=1S/C33H27N2O/c1-20(2)22-6-8-23(9-7-22)25-11-10-24-12-15-30(35(5)31(24)17-25)28-19-33-29(16-21(28)3)27-14-13-26(34-4)18-32(27)36-33/h6-20H,1-3,5H3/q+1. The molecule has 0 bridgehead atoms. The molecular weight excluding hydrogens is 440 g/mol. The van der Waals surface area contributed by atoms with Crippen LogP contribution in [-0.2, 0) is 7.05 Å². The highest BCUT2D eigenvalue weighted by Crippen LogP contribution is 2.36. The van der Waals surface area contributed by atoms with Crippen LogP contribution in [0.25, 0.3) is 60.1 Å². The maximum absolute atomic E-state index is 7.30. The quantitative estimate of drug-likeness (QED) is 0.188. The summed E-state index contributed by atoms with van der Waals surface area (Å²) >= 11 is 0. The second-order valence-electron chi connectivity index (χ2n) is 9.89. The van der Waals surface area contributed by atoms with Crippen LogP contribution in [0.4, 0.5) is 5.69 Å². The van der Waals surface area contributed by atoms with Crippen molar-refractivity contribution in [2.45, 2.75) is 26.7 Å². The fraction of sp³-hybridized carbons (Fsp3) is 0.152. The fourth-order valence-electron chi connectivity index (χ4n) is 5.16. The van der Waals surface area contributed by atoms with E-state index in [1.165, 1.54) is 33.2 Å². The van der Waals surface area contributed by atoms with Gasteiger partial charge >= 0.3 is 0 Å². The predicted octanol–water partition coefficient (Wildman–Crippen LogP) is 8.88. The van der Waals surface area contributed by atoms with Crippen LogP contribution >= 0.6 is 0 Å². The molecule has 0 atom stereocenters. The first-order valence-electron chi connectivity index (χ1n) is 12.3. The lowest BCUT2D eigenvalue weighted by atomic mass is 9.97. The molecule has 174 valence electrons. The van der Waals surface area contributed by atoms with E-state index in [4.69, 9.17) is 11.0 Å². The lowest BCUT2D eigenvalue weighted by molar-refractivity contribution is -0.633. The van der Waals surface area contributed by atoms with Crippen LogP contribution in [0.15, 0.2) is 89.3 Å². The summed E-state index contributed by atoms with van der Waals surface area (Å²) < 4.78 is 8.46. The Labute approximate surface area is 211 Å². The van der Waals surface area contributed by atoms with Crippen LogP contribution in [-0.4, -0.2) is 0 Å². The number of hydrogen-bond acceptors (Lipinski definition) is 1. The zero-order valence-corrected chi connectivity index (χ0v) is 21.0. The molecular formula is C33H27N2O+. The third-order valence-electron chi connectivity index (χ3n) is 7.29. The molecule has 0 radical (unpaired) electrons. The van der Waals surface area contributed by atoms with Gasteiger partial charge in [0.2, 0.25) is 11.2 Å². The van der Waals surface area contributed by atoms with Gasteiger partial charge in [0.25, 0.3) is 0 Å². The average molecular weight is 468 g/mol. The summed E-state index contributed by atoms with van der Waals surface area (Å²) in [6.45, 7) is 13.9. The van der Waals surface area contributed by atoms with Crippen LogP contribution in [0.5, 0.6) is 0 Å². The van der Waals surface area contributed by atoms with E-state index in [1.54, 1.807) is 0 Å². The normalized spacial score (nSPS) is 11.6. The van der Waals surface area contributed by atoms with Crippen molar-refractivity contribution in [2.24, 2.45) is 7.05 Å². The number of aryl methyl sites for hydroxylation is 2. The number of fused-ring (bicyclic) bond motifs is 4. The minimum atomic E-state index is 0.526. The first kappa shape index (κ1) is 22.1. The zero-order valence-electron chi connectivity index (χ0n) is 21.0. The molecule has 0 fully saturated rings. The molecule has 0 amide bonds. The Morgan fingerprint density at radius 2 is 1.50 bits per heavy atom. The third-order valence-corrected chi connectivity index (χ3v) is 7.29. The van der Waals surface area contributed by atoms with Crippen LogP contribution < -0.4 is 4.57 Å². The molecule has 2 heterocycles. The highest BCUT2D eigenvalue weighted by molar-refractivity contribution is 6.07. The summed E-state index contributed by atoms with van der Waals surface area (Å²) in [7, 11) is 2.13. The predicted molar refractivity (Wildman–Crippen MR) is 148 cm³/mol. The molecule has 0 aliphatic heterocycles. The van der Waals surface area contributed by atoms with Gasteiger partial charge in [-0.15, -0.1) is 0 Å². The smallest absolute Gasteiger partial charge is 0.213 e. The molecule has 3 nitrogen and oxygen atoms in total. The highest BCUT2D eigenvalue weighted by Gasteiger charge is 2.19. The molecule has 36 heavy (non-hydrogen) atoms. The first-order chi connectivity index (χ1) is 17.4. The molecule has 0 N–H and O–H groups in total. The second kappa shape index (κ2) is 8.36. The number of nitrogens with zero attached hydrogens (tertiary/aromatic N) is 2. The summed E-state index contributed by atoms with van der Waals surface area (Å²) in [6, 6.07) is 30.0. The number of aromatic nitrogens is 1. The van der Waals surface area contributed by atoms with Crippen molar-refractivity contribution < 1.29 is 8.98 Å². The number of rotatable bonds is 3. The van der Waals surface area contributed by atoms with Gasteiger partial charge in [0.1, 0.15) is 18.2 Å². The molecule has 0 unspecified atom stereocenters. The Morgan fingerprint density at radius 3 is 2.25 bits per heavy atom. The summed E-state index contributed by atoms with van der Waals surface area (Å²) in [6.07, 6.45) is 0. The summed E-state index contributed by atoms with van der Waals surface area (Å²) in [5.74, 6) is 0.526. The van der Waals surface area contributed by atoms with Gasteiger partial charge in [0, 0.05) is 28.3 Å². The van der Waals surface area contributed by atoms with Gasteiger partial charge in [0.05, 0.1) is 12.1 Å². The number of hydrogen-bond donors (Lipinski definition) is 0. The topological polar surface area (TPSA) is 21.4 Å². The molecule has 0 aliphatic carbocycles. The Balaban J connectivity index is 1.49. The van der Waals surface area contributed by atoms with E-state index in [0.29, 0.717) is 11.6 Å². The molecule has 0 saturated carbocycles. The third kappa shape index (κ3) is 3.54. The minimum absolute atomic E-state index is 0.526. The van der Waals surface area contributed by atoms with Crippen molar-refractivity contribution in [2.75, 3.05) is 0 Å². The fourth-order valence-corrected chi connectivity index (χ4v) is 5.16. The van der Waals surface area contributed by atoms with E-state index >= 15 is 0 Å². The Morgan fingerprint density at radius 1 is 0.778 bits per heavy atom. The van der Waals surface area contributed by atoms with Gasteiger partial charge in [-0.25, -0.2) is 4.85 Å². The van der Waals surface area contributed by atoms with E-state index < -0.39 is 0 Å². The Hall–Kier alpha value is -4.42. The van der Waals surface area contributed by atoms with Crippen molar-refractivity contribution >= 4 is 38.5 Å². The minimum Gasteiger partial charge on any atom is -0.457 e. The maximum Gasteiger partial charge on any atom is 0.213 e. The first-order valence-corrected chi connectivity index (χ1v) is 12.3. The molecule has 3 heteroatoms. The van der Waals surface area contributed by atoms with Crippen molar-refractivity contribution in [3.8, 4) is 22.4 Å². The van der Waals surface area contributed by atoms with Gasteiger partial charge in [-0.1, -0.05) is 56.3 Å². The van der Waals surface area contributed by atoms with Gasteiger partial charge in [-0.05, 0) is 65.4 Å². The van der Waals surface area contributed by atoms with Gasteiger partial charge in [0.15, 0.2) is 5.69 Å². The van der Waals surface area contributed by atoms with Crippen LogP contribution in [0.3, 0.4) is 0 Å². The molecule has 0 aliphatic rings. The van der Waals surface area contributed by atoms with Crippen molar-refractivity contribution in [1.29, 1.82) is 0 Å². The molecule has 2 aromatic heterocycles. The van der Waals surface area contributed by atoms with Gasteiger partial charge < -0.3 is 4.42 Å². The van der Waals surface area contributed by atoms with Crippen LogP contribution in [0, 0.1) is 13.5 Å². The Bertz CT molecular complexity index is 1830. The summed E-state index contributed by atoms with van der Waals surface area (Å²) in [4.78, 5) is 3.54. The monoisotopic (exact) mass is 467 g/mol. The SMILES string of the molecule is [C-]#[N+]c1ccc2c(c1)oc1cc(-c3ccc4ccc(-c5ccc(C(C)C)cc5)cc4[n+]3C)c(C)cc12. The van der Waals surface area contributed by atoms with Crippen LogP contribution in [0.1, 0.15) is 30.9 Å². The van der Waals surface area contributed by atoms with Crippen molar-refractivity contribution in [1.82, 2.24) is 0 Å². The lowest BCUT2D eigenvalue weighted by Crippen LogP contribution is -2.32. The van der Waals surface area contributed by atoms with Crippen molar-refractivity contribution in [3.05, 3.63) is 107 Å². The van der Waals surface area contributed by atoms with E-state index in [9.17, 15) is 0 Å². The molecule has 6 aromatic rings. The largest absolute Gasteiger partial charge is 0.457 e. The summed E-state index contributed by atoms with van der Waals surface area (Å²) in [5.41, 5.74) is 10.6. The molecule has 0 spiro atoms. The average Bonchev–Trinajstić information content (AvgIpc) is 3.25. The lowest BCUT2D eigenvalue weighted by Gasteiger charge is -2.09. The van der Waals surface area contributed by atoms with Gasteiger partial charge in [-0.3, -0.25) is 0 Å². The molecule has 0 saturated heterocycles. The van der Waals surface area contributed by atoms with Gasteiger partial charge in [-0.2, -0.15) is 4.57 Å². The maximum atomic E-state index is 7.30. The van der Waals surface area contributed by atoms with E-state index in [-0.39, 0.29) is 0 Å². The van der Waals surface area contributed by atoms with Crippen LogP contribution in [0.2, 0.25) is 0 Å². The van der Waals surface area contributed by atoms with E-state index in [1.807, 2.05) is 18.2 Å². The van der Waals surface area contributed by atoms with Crippen molar-refractivity contribution in [3.63, 3.8) is 0 Å². The van der Waals surface area contributed by atoms with E-state index in [0.717, 1.165) is 33.2 Å². The summed E-state index contributed by atoms with van der Waals surface area (Å²) in [5, 5.41) is 3.33. The van der Waals surface area contributed by atoms with E-state index in [2.05, 4.69) is 104 Å². The highest BCUT2D eigenvalue weighted by atomic mass is 16.3. The molecule has 6 rings (SSSR count). The second-order valence-corrected chi connectivity index (χ2v) is 9.89. The molecule has 4 aromatic carbocycles. The Kier molecular flexibility index (Phi) is 5.12. The zero-order chi connectivity index (χ0) is 25.0.